The molecule has 0 spiro atoms. The first kappa shape index (κ1) is 12.0. The van der Waals surface area contributed by atoms with E-state index >= 15 is 0 Å². The van der Waals surface area contributed by atoms with E-state index in [-0.39, 0.29) is 0 Å². The van der Waals surface area contributed by atoms with Crippen LogP contribution in [0.2, 0.25) is 0 Å². The van der Waals surface area contributed by atoms with E-state index in [1.807, 2.05) is 50.2 Å². The molecule has 0 aromatic heterocycles. The molecule has 2 aromatic rings. The van der Waals surface area contributed by atoms with Crippen LogP contribution in [-0.2, 0) is 0 Å². The minimum Gasteiger partial charge on any atom is -0.399 e. The molecule has 0 aliphatic rings. The van der Waals surface area contributed by atoms with Gasteiger partial charge in [0.1, 0.15) is 6.07 Å². The van der Waals surface area contributed by atoms with Gasteiger partial charge in [-0.25, -0.2) is 0 Å². The zero-order chi connectivity index (χ0) is 13.1. The summed E-state index contributed by atoms with van der Waals surface area (Å²) in [6.07, 6.45) is 0. The first-order valence-corrected chi connectivity index (χ1v) is 5.74. The minimum absolute atomic E-state index is 0.673. The third-order valence-electron chi connectivity index (χ3n) is 2.93. The molecule has 0 unspecified atom stereocenters. The van der Waals surface area contributed by atoms with Gasteiger partial charge < -0.3 is 11.1 Å². The molecule has 0 saturated heterocycles. The molecule has 0 atom stereocenters. The van der Waals surface area contributed by atoms with Crippen LogP contribution in [-0.4, -0.2) is 0 Å². The fourth-order valence-electron chi connectivity index (χ4n) is 1.83. The van der Waals surface area contributed by atoms with Crippen LogP contribution in [0.3, 0.4) is 0 Å². The van der Waals surface area contributed by atoms with Crippen molar-refractivity contribution < 1.29 is 0 Å². The normalized spacial score (nSPS) is 9.83. The van der Waals surface area contributed by atoms with E-state index in [1.165, 1.54) is 0 Å². The lowest BCUT2D eigenvalue weighted by atomic mass is 10.1. The Morgan fingerprint density at radius 1 is 1.11 bits per heavy atom. The molecule has 0 heterocycles. The highest BCUT2D eigenvalue weighted by Crippen LogP contribution is 2.24. The lowest BCUT2D eigenvalue weighted by molar-refractivity contribution is 1.37. The van der Waals surface area contributed by atoms with E-state index in [9.17, 15) is 0 Å². The quantitative estimate of drug-likeness (QED) is 0.786. The number of anilines is 3. The van der Waals surface area contributed by atoms with Gasteiger partial charge in [-0.05, 0) is 49.2 Å². The lowest BCUT2D eigenvalue weighted by Gasteiger charge is -2.11. The van der Waals surface area contributed by atoms with Crippen molar-refractivity contribution >= 4 is 17.1 Å². The van der Waals surface area contributed by atoms with Gasteiger partial charge in [0.2, 0.25) is 0 Å². The second-order valence-electron chi connectivity index (χ2n) is 4.31. The molecular formula is C15H15N3. The van der Waals surface area contributed by atoms with E-state index < -0.39 is 0 Å². The molecule has 0 saturated carbocycles. The number of nitrogens with one attached hydrogen (secondary N) is 1. The molecule has 3 N–H and O–H groups in total. The number of rotatable bonds is 2. The highest BCUT2D eigenvalue weighted by Gasteiger charge is 2.05. The molecule has 90 valence electrons. The predicted octanol–water partition coefficient (Wildman–Crippen LogP) is 3.50. The van der Waals surface area contributed by atoms with Crippen molar-refractivity contribution in [2.24, 2.45) is 0 Å². The molecule has 0 aliphatic heterocycles. The third kappa shape index (κ3) is 2.28. The highest BCUT2D eigenvalue weighted by atomic mass is 14.9. The summed E-state index contributed by atoms with van der Waals surface area (Å²) < 4.78 is 0. The topological polar surface area (TPSA) is 61.8 Å². The summed E-state index contributed by atoms with van der Waals surface area (Å²) in [5.41, 5.74) is 11.0. The van der Waals surface area contributed by atoms with Crippen LogP contribution in [0.1, 0.15) is 16.7 Å². The van der Waals surface area contributed by atoms with E-state index in [0.29, 0.717) is 5.56 Å². The molecule has 0 radical (unpaired) electrons. The summed E-state index contributed by atoms with van der Waals surface area (Å²) in [6.45, 7) is 3.89. The third-order valence-corrected chi connectivity index (χ3v) is 2.93. The maximum Gasteiger partial charge on any atom is 0.102 e. The largest absolute Gasteiger partial charge is 0.399 e. The Labute approximate surface area is 107 Å². The number of hydrogen-bond acceptors (Lipinski definition) is 3. The van der Waals surface area contributed by atoms with Crippen LogP contribution >= 0.6 is 0 Å². The Morgan fingerprint density at radius 3 is 2.56 bits per heavy atom. The van der Waals surface area contributed by atoms with Crippen molar-refractivity contribution in [3.05, 3.63) is 53.1 Å². The van der Waals surface area contributed by atoms with Crippen LogP contribution in [0.15, 0.2) is 36.4 Å². The molecule has 3 heteroatoms. The Kier molecular flexibility index (Phi) is 3.20. The maximum atomic E-state index is 9.17. The van der Waals surface area contributed by atoms with E-state index in [2.05, 4.69) is 11.4 Å². The average molecular weight is 237 g/mol. The predicted molar refractivity (Wildman–Crippen MR) is 74.8 cm³/mol. The number of nitrogens with two attached hydrogens (primary N) is 1. The minimum atomic E-state index is 0.673. The van der Waals surface area contributed by atoms with Crippen molar-refractivity contribution in [1.29, 1.82) is 5.26 Å². The fraction of sp³-hybridized carbons (Fsp3) is 0.133. The molecule has 2 aromatic carbocycles. The van der Waals surface area contributed by atoms with Gasteiger partial charge >= 0.3 is 0 Å². The summed E-state index contributed by atoms with van der Waals surface area (Å²) in [7, 11) is 0. The first-order valence-electron chi connectivity index (χ1n) is 5.74. The molecule has 0 aliphatic carbocycles. The zero-order valence-electron chi connectivity index (χ0n) is 10.5. The number of nitrogens with zero attached hydrogens (tertiary/aromatic N) is 1. The molecule has 2 rings (SSSR count). The number of hydrogen-bond donors (Lipinski definition) is 2. The van der Waals surface area contributed by atoms with Crippen LogP contribution in [0, 0.1) is 25.2 Å². The monoisotopic (exact) mass is 237 g/mol. The van der Waals surface area contributed by atoms with Crippen molar-refractivity contribution in [1.82, 2.24) is 0 Å². The number of nitriles is 1. The molecule has 0 fully saturated rings. The SMILES string of the molecule is Cc1cc(Nc2cccc(C)c2C#N)ccc1N. The Balaban J connectivity index is 2.37. The summed E-state index contributed by atoms with van der Waals surface area (Å²) in [5, 5.41) is 12.4. The first-order chi connectivity index (χ1) is 8.61. The molecule has 3 nitrogen and oxygen atoms in total. The summed E-state index contributed by atoms with van der Waals surface area (Å²) in [4.78, 5) is 0. The van der Waals surface area contributed by atoms with Gasteiger partial charge in [0.25, 0.3) is 0 Å². The van der Waals surface area contributed by atoms with Crippen molar-refractivity contribution in [2.75, 3.05) is 11.1 Å². The Morgan fingerprint density at radius 2 is 1.89 bits per heavy atom. The Hall–Kier alpha value is -2.47. The van der Waals surface area contributed by atoms with Crippen molar-refractivity contribution in [3.8, 4) is 6.07 Å². The van der Waals surface area contributed by atoms with Crippen LogP contribution in [0.4, 0.5) is 17.1 Å². The standard InChI is InChI=1S/C15H15N3/c1-10-4-3-5-15(13(10)9-16)18-12-6-7-14(17)11(2)8-12/h3-8,18H,17H2,1-2H3. The van der Waals surface area contributed by atoms with Crippen molar-refractivity contribution in [2.45, 2.75) is 13.8 Å². The summed E-state index contributed by atoms with van der Waals surface area (Å²) in [6, 6.07) is 13.7. The maximum absolute atomic E-state index is 9.17. The molecule has 18 heavy (non-hydrogen) atoms. The molecule has 0 amide bonds. The van der Waals surface area contributed by atoms with Crippen LogP contribution in [0.25, 0.3) is 0 Å². The lowest BCUT2D eigenvalue weighted by Crippen LogP contribution is -1.97. The van der Waals surface area contributed by atoms with Crippen LogP contribution < -0.4 is 11.1 Å². The van der Waals surface area contributed by atoms with E-state index in [4.69, 9.17) is 11.0 Å². The Bertz CT molecular complexity index is 624. The summed E-state index contributed by atoms with van der Waals surface area (Å²) in [5.74, 6) is 0. The van der Waals surface area contributed by atoms with E-state index in [1.54, 1.807) is 0 Å². The smallest absolute Gasteiger partial charge is 0.102 e. The van der Waals surface area contributed by atoms with Gasteiger partial charge in [-0.15, -0.1) is 0 Å². The zero-order valence-corrected chi connectivity index (χ0v) is 10.5. The van der Waals surface area contributed by atoms with Gasteiger partial charge in [-0.1, -0.05) is 12.1 Å². The average Bonchev–Trinajstić information content (AvgIpc) is 2.34. The van der Waals surface area contributed by atoms with Crippen molar-refractivity contribution in [3.63, 3.8) is 0 Å². The van der Waals surface area contributed by atoms with Gasteiger partial charge in [0, 0.05) is 11.4 Å². The second kappa shape index (κ2) is 4.80. The number of aryl methyl sites for hydroxylation is 2. The summed E-state index contributed by atoms with van der Waals surface area (Å²) >= 11 is 0. The van der Waals surface area contributed by atoms with Gasteiger partial charge in [0.05, 0.1) is 11.3 Å². The van der Waals surface area contributed by atoms with E-state index in [0.717, 1.165) is 28.2 Å². The van der Waals surface area contributed by atoms with Gasteiger partial charge in [-0.3, -0.25) is 0 Å². The number of benzene rings is 2. The second-order valence-corrected chi connectivity index (χ2v) is 4.31. The van der Waals surface area contributed by atoms with Gasteiger partial charge in [0.15, 0.2) is 0 Å². The van der Waals surface area contributed by atoms with Crippen LogP contribution in [0.5, 0.6) is 0 Å². The molecular weight excluding hydrogens is 222 g/mol. The number of nitrogen functional groups attached to an aromatic ring is 1. The highest BCUT2D eigenvalue weighted by molar-refractivity contribution is 5.70. The van der Waals surface area contributed by atoms with Gasteiger partial charge in [-0.2, -0.15) is 5.26 Å². The molecule has 0 bridgehead atoms. The fourth-order valence-corrected chi connectivity index (χ4v) is 1.83.